The molecule has 1 amide bonds. The smallest absolute Gasteiger partial charge is 0.248 e. The van der Waals surface area contributed by atoms with Gasteiger partial charge in [-0.3, -0.25) is 9.78 Å². The first-order chi connectivity index (χ1) is 12.5. The number of aromatic nitrogens is 4. The summed E-state index contributed by atoms with van der Waals surface area (Å²) in [7, 11) is 1.54. The molecule has 0 aliphatic carbocycles. The monoisotopic (exact) mass is 356 g/mol. The van der Waals surface area contributed by atoms with E-state index in [1.165, 1.54) is 7.11 Å². The van der Waals surface area contributed by atoms with Crippen molar-refractivity contribution in [2.24, 2.45) is 0 Å². The average molecular weight is 356 g/mol. The van der Waals surface area contributed by atoms with Gasteiger partial charge >= 0.3 is 0 Å². The van der Waals surface area contributed by atoms with Crippen LogP contribution in [0.2, 0.25) is 0 Å². The van der Waals surface area contributed by atoms with E-state index in [1.54, 1.807) is 12.4 Å². The second kappa shape index (κ2) is 8.18. The average Bonchev–Trinajstić information content (AvgIpc) is 2.61. The molecule has 1 atom stereocenters. The van der Waals surface area contributed by atoms with Gasteiger partial charge < -0.3 is 15.0 Å². The van der Waals surface area contributed by atoms with Crippen LogP contribution in [-0.4, -0.2) is 57.5 Å². The molecular weight excluding hydrogens is 332 g/mol. The molecule has 2 aromatic rings. The Morgan fingerprint density at radius 1 is 1.27 bits per heavy atom. The second-order valence-electron chi connectivity index (χ2n) is 6.54. The molecule has 26 heavy (non-hydrogen) atoms. The Hall–Kier alpha value is -2.61. The summed E-state index contributed by atoms with van der Waals surface area (Å²) in [6.07, 6.45) is 5.35. The lowest BCUT2D eigenvalue weighted by Gasteiger charge is -2.32. The third-order valence-electron chi connectivity index (χ3n) is 4.34. The highest BCUT2D eigenvalue weighted by atomic mass is 16.5. The molecule has 1 fully saturated rings. The molecule has 0 saturated carbocycles. The summed E-state index contributed by atoms with van der Waals surface area (Å²) in [4.78, 5) is 31.6. The highest BCUT2D eigenvalue weighted by Crippen LogP contribution is 2.26. The number of ether oxygens (including phenoxy) is 1. The highest BCUT2D eigenvalue weighted by molar-refractivity contribution is 5.77. The van der Waals surface area contributed by atoms with E-state index in [9.17, 15) is 4.79 Å². The van der Waals surface area contributed by atoms with Gasteiger partial charge in [-0.15, -0.1) is 0 Å². The van der Waals surface area contributed by atoms with E-state index in [-0.39, 0.29) is 18.4 Å². The Balaban J connectivity index is 1.73. The van der Waals surface area contributed by atoms with Gasteiger partial charge in [0.05, 0.1) is 11.9 Å². The zero-order valence-electron chi connectivity index (χ0n) is 15.4. The Morgan fingerprint density at radius 3 is 2.77 bits per heavy atom. The van der Waals surface area contributed by atoms with Crippen molar-refractivity contribution < 1.29 is 9.53 Å². The first-order valence-electron chi connectivity index (χ1n) is 8.73. The number of hydrogen-bond acceptors (Lipinski definition) is 7. The van der Waals surface area contributed by atoms with Crippen molar-refractivity contribution in [2.75, 3.05) is 32.1 Å². The van der Waals surface area contributed by atoms with Gasteiger partial charge in [0.1, 0.15) is 6.61 Å². The fourth-order valence-corrected chi connectivity index (χ4v) is 3.19. The van der Waals surface area contributed by atoms with Gasteiger partial charge in [0.15, 0.2) is 5.82 Å². The molecule has 0 radical (unpaired) electrons. The normalized spacial score (nSPS) is 17.2. The van der Waals surface area contributed by atoms with Crippen LogP contribution in [-0.2, 0) is 9.53 Å². The van der Waals surface area contributed by atoms with E-state index < -0.39 is 0 Å². The van der Waals surface area contributed by atoms with Crippen molar-refractivity contribution in [1.29, 1.82) is 0 Å². The Labute approximate surface area is 153 Å². The van der Waals surface area contributed by atoms with Crippen molar-refractivity contribution in [3.05, 3.63) is 35.5 Å². The molecular formula is C18H24N6O2. The van der Waals surface area contributed by atoms with Crippen molar-refractivity contribution in [3.63, 3.8) is 0 Å². The van der Waals surface area contributed by atoms with Crippen molar-refractivity contribution >= 4 is 17.7 Å². The molecule has 8 heteroatoms. The number of hydrogen-bond donors (Lipinski definition) is 1. The number of piperidine rings is 1. The van der Waals surface area contributed by atoms with Gasteiger partial charge in [0.25, 0.3) is 0 Å². The third-order valence-corrected chi connectivity index (χ3v) is 4.34. The van der Waals surface area contributed by atoms with Crippen LogP contribution in [0.15, 0.2) is 18.5 Å². The molecule has 0 bridgehead atoms. The molecule has 1 aliphatic heterocycles. The molecule has 1 aliphatic rings. The quantitative estimate of drug-likeness (QED) is 0.875. The first kappa shape index (κ1) is 18.2. The summed E-state index contributed by atoms with van der Waals surface area (Å²) in [5.74, 6) is 1.30. The minimum atomic E-state index is 0.0167. The van der Waals surface area contributed by atoms with Gasteiger partial charge in [-0.25, -0.2) is 15.0 Å². The van der Waals surface area contributed by atoms with Crippen LogP contribution in [0.1, 0.15) is 35.8 Å². The van der Waals surface area contributed by atoms with Gasteiger partial charge in [-0.2, -0.15) is 0 Å². The van der Waals surface area contributed by atoms with Crippen molar-refractivity contribution in [3.8, 4) is 0 Å². The standard InChI is InChI=1S/C18H24N6O2/c1-12-7-13(2)21-18(20-12)23-16-9-19-8-15(22-16)14-5-4-6-24(10-14)17(25)11-26-3/h7-9,14H,4-6,10-11H2,1-3H3,(H,20,21,22,23). The molecule has 1 unspecified atom stereocenters. The van der Waals surface area contributed by atoms with E-state index in [2.05, 4.69) is 25.3 Å². The molecule has 0 spiro atoms. The first-order valence-corrected chi connectivity index (χ1v) is 8.73. The van der Waals surface area contributed by atoms with Crippen LogP contribution in [0.3, 0.4) is 0 Å². The van der Waals surface area contributed by atoms with E-state index in [4.69, 9.17) is 4.74 Å². The second-order valence-corrected chi connectivity index (χ2v) is 6.54. The molecule has 1 saturated heterocycles. The van der Waals surface area contributed by atoms with Crippen molar-refractivity contribution in [1.82, 2.24) is 24.8 Å². The van der Waals surface area contributed by atoms with Gasteiger partial charge in [-0.1, -0.05) is 0 Å². The minimum absolute atomic E-state index is 0.0167. The summed E-state index contributed by atoms with van der Waals surface area (Å²) >= 11 is 0. The lowest BCUT2D eigenvalue weighted by Crippen LogP contribution is -2.41. The largest absolute Gasteiger partial charge is 0.375 e. The number of likely N-dealkylation sites (tertiary alicyclic amines) is 1. The number of anilines is 2. The Morgan fingerprint density at radius 2 is 2.04 bits per heavy atom. The maximum Gasteiger partial charge on any atom is 0.248 e. The number of nitrogens with zero attached hydrogens (tertiary/aromatic N) is 5. The van der Waals surface area contributed by atoms with Gasteiger partial charge in [0.2, 0.25) is 11.9 Å². The fourth-order valence-electron chi connectivity index (χ4n) is 3.19. The lowest BCUT2D eigenvalue weighted by atomic mass is 9.95. The zero-order chi connectivity index (χ0) is 18.5. The molecule has 3 heterocycles. The van der Waals surface area contributed by atoms with Crippen LogP contribution >= 0.6 is 0 Å². The lowest BCUT2D eigenvalue weighted by molar-refractivity contribution is -0.136. The van der Waals surface area contributed by atoms with Crippen LogP contribution in [0, 0.1) is 13.8 Å². The Kier molecular flexibility index (Phi) is 5.72. The van der Waals surface area contributed by atoms with Crippen LogP contribution in [0.5, 0.6) is 0 Å². The summed E-state index contributed by atoms with van der Waals surface area (Å²) in [6.45, 7) is 5.37. The third kappa shape index (κ3) is 4.51. The van der Waals surface area contributed by atoms with E-state index in [0.29, 0.717) is 18.3 Å². The molecule has 2 aromatic heterocycles. The molecule has 1 N–H and O–H groups in total. The number of carbonyl (C=O) groups excluding carboxylic acids is 1. The molecule has 8 nitrogen and oxygen atoms in total. The predicted octanol–water partition coefficient (Wildman–Crippen LogP) is 1.98. The number of nitrogens with one attached hydrogen (secondary N) is 1. The number of rotatable bonds is 5. The Bertz CT molecular complexity index is 762. The van der Waals surface area contributed by atoms with Gasteiger partial charge in [0, 0.05) is 43.7 Å². The van der Waals surface area contributed by atoms with E-state index >= 15 is 0 Å². The fraction of sp³-hybridized carbons (Fsp3) is 0.500. The SMILES string of the molecule is COCC(=O)N1CCCC(c2cncc(Nc3nc(C)cc(C)n3)n2)C1. The van der Waals surface area contributed by atoms with Crippen LogP contribution in [0.25, 0.3) is 0 Å². The maximum atomic E-state index is 12.1. The number of amides is 1. The summed E-state index contributed by atoms with van der Waals surface area (Å²) in [5.41, 5.74) is 2.65. The van der Waals surface area contributed by atoms with E-state index in [1.807, 2.05) is 24.8 Å². The zero-order valence-corrected chi connectivity index (χ0v) is 15.4. The molecule has 3 rings (SSSR count). The molecule has 0 aromatic carbocycles. The van der Waals surface area contributed by atoms with Crippen LogP contribution in [0.4, 0.5) is 11.8 Å². The summed E-state index contributed by atoms with van der Waals surface area (Å²) in [5, 5.41) is 3.12. The van der Waals surface area contributed by atoms with Gasteiger partial charge in [-0.05, 0) is 32.8 Å². The minimum Gasteiger partial charge on any atom is -0.375 e. The summed E-state index contributed by atoms with van der Waals surface area (Å²) in [6, 6.07) is 1.92. The predicted molar refractivity (Wildman–Crippen MR) is 97.3 cm³/mol. The van der Waals surface area contributed by atoms with Crippen LogP contribution < -0.4 is 5.32 Å². The summed E-state index contributed by atoms with van der Waals surface area (Å²) < 4.78 is 4.96. The maximum absolute atomic E-state index is 12.1. The molecule has 138 valence electrons. The van der Waals surface area contributed by atoms with Crippen molar-refractivity contribution in [2.45, 2.75) is 32.6 Å². The van der Waals surface area contributed by atoms with E-state index in [0.717, 1.165) is 36.5 Å². The number of methoxy groups -OCH3 is 1. The topological polar surface area (TPSA) is 93.1 Å². The number of aryl methyl sites for hydroxylation is 2. The highest BCUT2D eigenvalue weighted by Gasteiger charge is 2.25. The number of carbonyl (C=O) groups is 1.